The van der Waals surface area contributed by atoms with Crippen molar-refractivity contribution in [3.8, 4) is 0 Å². The number of carbonyl (C=O) groups excluding carboxylic acids is 1. The Morgan fingerprint density at radius 1 is 1.18 bits per heavy atom. The van der Waals surface area contributed by atoms with Gasteiger partial charge in [-0.2, -0.15) is 0 Å². The molecule has 17 heavy (non-hydrogen) atoms. The Hall–Kier alpha value is -0.370. The summed E-state index contributed by atoms with van der Waals surface area (Å²) in [7, 11) is 0. The second-order valence-corrected chi connectivity index (χ2v) is 5.58. The van der Waals surface area contributed by atoms with E-state index in [9.17, 15) is 9.90 Å². The first-order valence-electron chi connectivity index (χ1n) is 7.39. The van der Waals surface area contributed by atoms with Gasteiger partial charge in [0.25, 0.3) is 0 Å². The third kappa shape index (κ3) is 4.09. The Balaban J connectivity index is 2.68. The Kier molecular flexibility index (Phi) is 6.18. The van der Waals surface area contributed by atoms with Gasteiger partial charge in [-0.05, 0) is 25.7 Å². The van der Waals surface area contributed by atoms with Gasteiger partial charge in [-0.3, -0.25) is 4.79 Å². The lowest BCUT2D eigenvalue weighted by Crippen LogP contribution is -2.43. The molecular formula is C15H28O2. The van der Waals surface area contributed by atoms with Crippen LogP contribution >= 0.6 is 0 Å². The standard InChI is InChI=1S/C15H28O2/c1-3-5-11-15(17,12-6-4-2)13-9-7-8-10-14(13)16/h13,17H,3-12H2,1-2H3. The Bertz CT molecular complexity index is 227. The van der Waals surface area contributed by atoms with Crippen molar-refractivity contribution in [1.82, 2.24) is 0 Å². The van der Waals surface area contributed by atoms with Gasteiger partial charge in [0.2, 0.25) is 0 Å². The molecule has 1 unspecified atom stereocenters. The van der Waals surface area contributed by atoms with Crippen LogP contribution in [0, 0.1) is 5.92 Å². The number of hydrogen-bond acceptors (Lipinski definition) is 2. The van der Waals surface area contributed by atoms with Gasteiger partial charge in [0.15, 0.2) is 0 Å². The second kappa shape index (κ2) is 7.15. The zero-order chi connectivity index (χ0) is 12.7. The van der Waals surface area contributed by atoms with Crippen molar-refractivity contribution < 1.29 is 9.90 Å². The third-order valence-electron chi connectivity index (χ3n) is 4.13. The molecule has 1 aliphatic carbocycles. The van der Waals surface area contributed by atoms with E-state index in [2.05, 4.69) is 13.8 Å². The summed E-state index contributed by atoms with van der Waals surface area (Å²) >= 11 is 0. The van der Waals surface area contributed by atoms with Crippen molar-refractivity contribution >= 4 is 5.78 Å². The molecule has 0 radical (unpaired) electrons. The predicted octanol–water partition coefficient (Wildman–Crippen LogP) is 3.86. The molecule has 1 saturated carbocycles. The molecule has 2 nitrogen and oxygen atoms in total. The Labute approximate surface area is 106 Å². The molecule has 100 valence electrons. The van der Waals surface area contributed by atoms with Crippen molar-refractivity contribution in [2.24, 2.45) is 5.92 Å². The molecule has 1 rings (SSSR count). The molecular weight excluding hydrogens is 212 g/mol. The third-order valence-corrected chi connectivity index (χ3v) is 4.13. The van der Waals surface area contributed by atoms with Crippen LogP contribution in [-0.4, -0.2) is 16.5 Å². The highest BCUT2D eigenvalue weighted by Gasteiger charge is 2.40. The molecule has 1 N–H and O–H groups in total. The minimum Gasteiger partial charge on any atom is -0.389 e. The summed E-state index contributed by atoms with van der Waals surface area (Å²) in [6, 6.07) is 0. The van der Waals surface area contributed by atoms with E-state index in [1.54, 1.807) is 0 Å². The van der Waals surface area contributed by atoms with E-state index in [4.69, 9.17) is 0 Å². The molecule has 0 aliphatic heterocycles. The minimum absolute atomic E-state index is 0.0747. The summed E-state index contributed by atoms with van der Waals surface area (Å²) in [4.78, 5) is 12.0. The van der Waals surface area contributed by atoms with Crippen molar-refractivity contribution in [3.63, 3.8) is 0 Å². The van der Waals surface area contributed by atoms with Gasteiger partial charge in [0.1, 0.15) is 5.78 Å². The van der Waals surface area contributed by atoms with Crippen molar-refractivity contribution in [3.05, 3.63) is 0 Å². The zero-order valence-electron chi connectivity index (χ0n) is 11.5. The van der Waals surface area contributed by atoms with Crippen molar-refractivity contribution in [2.75, 3.05) is 0 Å². The van der Waals surface area contributed by atoms with Gasteiger partial charge in [0.05, 0.1) is 5.60 Å². The van der Waals surface area contributed by atoms with Crippen molar-refractivity contribution in [2.45, 2.75) is 83.7 Å². The lowest BCUT2D eigenvalue weighted by atomic mass is 9.71. The number of aliphatic hydroxyl groups is 1. The van der Waals surface area contributed by atoms with Crippen molar-refractivity contribution in [1.29, 1.82) is 0 Å². The fourth-order valence-electron chi connectivity index (χ4n) is 2.99. The van der Waals surface area contributed by atoms with E-state index < -0.39 is 5.60 Å². The average molecular weight is 240 g/mol. The van der Waals surface area contributed by atoms with Crippen LogP contribution in [-0.2, 0) is 4.79 Å². The lowest BCUT2D eigenvalue weighted by Gasteiger charge is -2.37. The number of carbonyl (C=O) groups is 1. The van der Waals surface area contributed by atoms with Gasteiger partial charge >= 0.3 is 0 Å². The SMILES string of the molecule is CCCCC(O)(CCCC)C1CCCCC1=O. The van der Waals surface area contributed by atoms with Crippen LogP contribution in [0.4, 0.5) is 0 Å². The van der Waals surface area contributed by atoms with Crippen LogP contribution in [0.2, 0.25) is 0 Å². The molecule has 0 aromatic heterocycles. The molecule has 0 saturated heterocycles. The van der Waals surface area contributed by atoms with Gasteiger partial charge in [0, 0.05) is 12.3 Å². The number of rotatable bonds is 7. The largest absolute Gasteiger partial charge is 0.389 e. The molecule has 0 heterocycles. The molecule has 1 aliphatic rings. The Morgan fingerprint density at radius 2 is 1.76 bits per heavy atom. The van der Waals surface area contributed by atoms with Gasteiger partial charge in [-0.1, -0.05) is 46.0 Å². The van der Waals surface area contributed by atoms with E-state index in [0.717, 1.165) is 57.8 Å². The van der Waals surface area contributed by atoms with E-state index in [-0.39, 0.29) is 5.92 Å². The maximum absolute atomic E-state index is 12.0. The molecule has 0 spiro atoms. The maximum Gasteiger partial charge on any atom is 0.138 e. The first-order valence-corrected chi connectivity index (χ1v) is 7.39. The molecule has 0 aromatic rings. The maximum atomic E-state index is 12.0. The smallest absolute Gasteiger partial charge is 0.138 e. The minimum atomic E-state index is -0.705. The van der Waals surface area contributed by atoms with Crippen LogP contribution in [0.25, 0.3) is 0 Å². The van der Waals surface area contributed by atoms with Crippen LogP contribution in [0.15, 0.2) is 0 Å². The fraction of sp³-hybridized carbons (Fsp3) is 0.933. The molecule has 0 bridgehead atoms. The summed E-state index contributed by atoms with van der Waals surface area (Å²) in [6.45, 7) is 4.28. The summed E-state index contributed by atoms with van der Waals surface area (Å²) < 4.78 is 0. The average Bonchev–Trinajstić information content (AvgIpc) is 2.34. The Morgan fingerprint density at radius 3 is 2.24 bits per heavy atom. The lowest BCUT2D eigenvalue weighted by molar-refractivity contribution is -0.137. The van der Waals surface area contributed by atoms with E-state index in [1.807, 2.05) is 0 Å². The van der Waals surface area contributed by atoms with Crippen LogP contribution in [0.1, 0.15) is 78.1 Å². The summed E-state index contributed by atoms with van der Waals surface area (Å²) in [5.41, 5.74) is -0.705. The quantitative estimate of drug-likeness (QED) is 0.733. The number of ketones is 1. The van der Waals surface area contributed by atoms with E-state index >= 15 is 0 Å². The summed E-state index contributed by atoms with van der Waals surface area (Å²) in [5.74, 6) is 0.236. The molecule has 0 aromatic carbocycles. The molecule has 2 heteroatoms. The first kappa shape index (κ1) is 14.7. The second-order valence-electron chi connectivity index (χ2n) is 5.58. The molecule has 1 fully saturated rings. The van der Waals surface area contributed by atoms with Crippen LogP contribution in [0.5, 0.6) is 0 Å². The fourth-order valence-corrected chi connectivity index (χ4v) is 2.99. The zero-order valence-corrected chi connectivity index (χ0v) is 11.5. The molecule has 0 amide bonds. The van der Waals surface area contributed by atoms with Crippen LogP contribution < -0.4 is 0 Å². The summed E-state index contributed by atoms with van der Waals surface area (Å²) in [6.07, 6.45) is 9.58. The number of Topliss-reactive ketones (excluding diaryl/α,β-unsaturated/α-hetero) is 1. The van der Waals surface area contributed by atoms with Gasteiger partial charge in [-0.25, -0.2) is 0 Å². The normalized spacial score (nSPS) is 21.8. The number of unbranched alkanes of at least 4 members (excludes halogenated alkanes) is 2. The van der Waals surface area contributed by atoms with E-state index in [1.165, 1.54) is 0 Å². The molecule has 1 atom stereocenters. The van der Waals surface area contributed by atoms with Crippen LogP contribution in [0.3, 0.4) is 0 Å². The van der Waals surface area contributed by atoms with E-state index in [0.29, 0.717) is 12.2 Å². The highest BCUT2D eigenvalue weighted by molar-refractivity contribution is 5.82. The summed E-state index contributed by atoms with van der Waals surface area (Å²) in [5, 5.41) is 10.8. The monoisotopic (exact) mass is 240 g/mol. The van der Waals surface area contributed by atoms with Gasteiger partial charge in [-0.15, -0.1) is 0 Å². The van der Waals surface area contributed by atoms with Gasteiger partial charge < -0.3 is 5.11 Å². The topological polar surface area (TPSA) is 37.3 Å². The highest BCUT2D eigenvalue weighted by atomic mass is 16.3. The number of hydrogen-bond donors (Lipinski definition) is 1. The highest BCUT2D eigenvalue weighted by Crippen LogP contribution is 2.37. The predicted molar refractivity (Wildman–Crippen MR) is 71.0 cm³/mol. The first-order chi connectivity index (χ1) is 8.14.